The average Bonchev–Trinajstić information content (AvgIpc) is 2.74. The summed E-state index contributed by atoms with van der Waals surface area (Å²) in [5.74, 6) is -0.879. The maximum Gasteiger partial charge on any atom is 0.303 e. The molecule has 1 aliphatic carbocycles. The average molecular weight is 285 g/mol. The van der Waals surface area contributed by atoms with Crippen LogP contribution >= 0.6 is 0 Å². The first kappa shape index (κ1) is 17.0. The Labute approximate surface area is 121 Å². The lowest BCUT2D eigenvalue weighted by Crippen LogP contribution is -2.42. The van der Waals surface area contributed by atoms with E-state index in [9.17, 15) is 9.59 Å². The van der Waals surface area contributed by atoms with Crippen LogP contribution in [0.5, 0.6) is 0 Å². The minimum Gasteiger partial charge on any atom is -0.481 e. The van der Waals surface area contributed by atoms with Gasteiger partial charge in [0.15, 0.2) is 0 Å². The Hall–Kier alpha value is -1.10. The molecule has 0 bridgehead atoms. The summed E-state index contributed by atoms with van der Waals surface area (Å²) in [5, 5.41) is 11.9. The molecule has 2 N–H and O–H groups in total. The molecular weight excluding hydrogens is 258 g/mol. The maximum absolute atomic E-state index is 12.1. The maximum atomic E-state index is 12.1. The van der Waals surface area contributed by atoms with Gasteiger partial charge in [-0.15, -0.1) is 0 Å². The van der Waals surface area contributed by atoms with Gasteiger partial charge in [-0.1, -0.05) is 12.8 Å². The first-order valence-corrected chi connectivity index (χ1v) is 7.41. The van der Waals surface area contributed by atoms with Gasteiger partial charge in [0.2, 0.25) is 5.91 Å². The number of carbonyl (C=O) groups excluding carboxylic acids is 1. The van der Waals surface area contributed by atoms with Gasteiger partial charge in [0.1, 0.15) is 0 Å². The van der Waals surface area contributed by atoms with Crippen LogP contribution in [0.4, 0.5) is 0 Å². The van der Waals surface area contributed by atoms with E-state index in [2.05, 4.69) is 5.32 Å². The highest BCUT2D eigenvalue weighted by atomic mass is 16.5. The Morgan fingerprint density at radius 1 is 1.25 bits per heavy atom. The second kappa shape index (κ2) is 7.07. The third-order valence-corrected chi connectivity index (χ3v) is 3.97. The van der Waals surface area contributed by atoms with Crippen LogP contribution in [0.3, 0.4) is 0 Å². The van der Waals surface area contributed by atoms with E-state index in [1.807, 2.05) is 20.8 Å². The molecule has 1 saturated carbocycles. The van der Waals surface area contributed by atoms with Crippen molar-refractivity contribution < 1.29 is 19.4 Å². The third kappa shape index (κ3) is 5.49. The molecule has 0 saturated heterocycles. The molecule has 0 aromatic rings. The number of carbonyl (C=O) groups is 2. The molecule has 5 heteroatoms. The number of carboxylic acid groups (broad SMARTS) is 1. The molecule has 0 heterocycles. The zero-order valence-electron chi connectivity index (χ0n) is 12.8. The van der Waals surface area contributed by atoms with Gasteiger partial charge < -0.3 is 15.2 Å². The second-order valence-corrected chi connectivity index (χ2v) is 6.42. The number of amides is 1. The molecule has 0 aromatic heterocycles. The largest absolute Gasteiger partial charge is 0.481 e. The van der Waals surface area contributed by atoms with Crippen LogP contribution in [0.2, 0.25) is 0 Å². The zero-order valence-corrected chi connectivity index (χ0v) is 12.8. The van der Waals surface area contributed by atoms with Crippen LogP contribution in [0, 0.1) is 5.41 Å². The van der Waals surface area contributed by atoms with Crippen molar-refractivity contribution in [1.82, 2.24) is 5.32 Å². The summed E-state index contributed by atoms with van der Waals surface area (Å²) in [5.41, 5.74) is -0.730. The summed E-state index contributed by atoms with van der Waals surface area (Å²) in [4.78, 5) is 23.1. The van der Waals surface area contributed by atoms with Gasteiger partial charge in [-0.25, -0.2) is 0 Å². The Morgan fingerprint density at radius 2 is 1.85 bits per heavy atom. The molecule has 0 spiro atoms. The van der Waals surface area contributed by atoms with E-state index in [-0.39, 0.29) is 23.3 Å². The fraction of sp³-hybridized carbons (Fsp3) is 0.867. The van der Waals surface area contributed by atoms with Crippen molar-refractivity contribution in [2.45, 2.75) is 64.9 Å². The highest BCUT2D eigenvalue weighted by Gasteiger charge is 2.38. The Balaban J connectivity index is 2.49. The number of hydrogen-bond acceptors (Lipinski definition) is 3. The molecule has 1 aliphatic rings. The summed E-state index contributed by atoms with van der Waals surface area (Å²) in [7, 11) is 0. The van der Waals surface area contributed by atoms with E-state index in [1.165, 1.54) is 0 Å². The summed E-state index contributed by atoms with van der Waals surface area (Å²) in [6.07, 6.45) is 4.11. The molecule has 5 nitrogen and oxygen atoms in total. The lowest BCUT2D eigenvalue weighted by molar-refractivity contribution is -0.140. The van der Waals surface area contributed by atoms with Crippen LogP contribution in [-0.4, -0.2) is 35.7 Å². The fourth-order valence-electron chi connectivity index (χ4n) is 3.02. The van der Waals surface area contributed by atoms with Crippen LogP contribution < -0.4 is 5.32 Å². The van der Waals surface area contributed by atoms with Crippen molar-refractivity contribution in [2.24, 2.45) is 5.41 Å². The molecule has 116 valence electrons. The van der Waals surface area contributed by atoms with E-state index in [4.69, 9.17) is 9.84 Å². The van der Waals surface area contributed by atoms with Gasteiger partial charge >= 0.3 is 5.97 Å². The number of hydrogen-bond donors (Lipinski definition) is 2. The van der Waals surface area contributed by atoms with Crippen LogP contribution in [0.25, 0.3) is 0 Å². The molecule has 0 radical (unpaired) electrons. The van der Waals surface area contributed by atoms with Crippen LogP contribution in [-0.2, 0) is 14.3 Å². The molecule has 0 aliphatic heterocycles. The first-order chi connectivity index (χ1) is 9.29. The predicted octanol–water partition coefficient (Wildman–Crippen LogP) is 2.34. The SMILES string of the molecule is CCOC(C)(C)CNC(=O)CC1(CC(=O)O)CCCC1. The summed E-state index contributed by atoms with van der Waals surface area (Å²) < 4.78 is 5.53. The smallest absolute Gasteiger partial charge is 0.303 e. The van der Waals surface area contributed by atoms with Crippen molar-refractivity contribution in [3.05, 3.63) is 0 Å². The zero-order chi connectivity index (χ0) is 15.2. The summed E-state index contributed by atoms with van der Waals surface area (Å²) in [6.45, 7) is 6.83. The van der Waals surface area contributed by atoms with Gasteiger partial charge in [0.05, 0.1) is 12.0 Å². The van der Waals surface area contributed by atoms with Gasteiger partial charge in [0.25, 0.3) is 0 Å². The van der Waals surface area contributed by atoms with Crippen molar-refractivity contribution in [1.29, 1.82) is 0 Å². The Bertz CT molecular complexity index is 346. The molecule has 1 rings (SSSR count). The van der Waals surface area contributed by atoms with Crippen LogP contribution in [0.15, 0.2) is 0 Å². The summed E-state index contributed by atoms with van der Waals surface area (Å²) >= 11 is 0. The van der Waals surface area contributed by atoms with Crippen molar-refractivity contribution in [3.8, 4) is 0 Å². The van der Waals surface area contributed by atoms with E-state index in [0.717, 1.165) is 25.7 Å². The van der Waals surface area contributed by atoms with Gasteiger partial charge in [-0.2, -0.15) is 0 Å². The van der Waals surface area contributed by atoms with Gasteiger partial charge in [0, 0.05) is 19.6 Å². The van der Waals surface area contributed by atoms with Gasteiger partial charge in [-0.3, -0.25) is 9.59 Å². The quantitative estimate of drug-likeness (QED) is 0.717. The molecular formula is C15H27NO4. The third-order valence-electron chi connectivity index (χ3n) is 3.97. The second-order valence-electron chi connectivity index (χ2n) is 6.42. The van der Waals surface area contributed by atoms with Crippen molar-refractivity contribution in [2.75, 3.05) is 13.2 Å². The number of ether oxygens (including phenoxy) is 1. The number of nitrogens with one attached hydrogen (secondary N) is 1. The van der Waals surface area contributed by atoms with E-state index < -0.39 is 5.97 Å². The number of aliphatic carboxylic acids is 1. The highest BCUT2D eigenvalue weighted by molar-refractivity contribution is 5.78. The molecule has 1 amide bonds. The van der Waals surface area contributed by atoms with E-state index in [1.54, 1.807) is 0 Å². The summed E-state index contributed by atoms with van der Waals surface area (Å²) in [6, 6.07) is 0. The lowest BCUT2D eigenvalue weighted by Gasteiger charge is -2.28. The fourth-order valence-corrected chi connectivity index (χ4v) is 3.02. The topological polar surface area (TPSA) is 75.6 Å². The highest BCUT2D eigenvalue weighted by Crippen LogP contribution is 2.43. The van der Waals surface area contributed by atoms with Crippen LogP contribution in [0.1, 0.15) is 59.3 Å². The number of carboxylic acids is 1. The standard InChI is InChI=1S/C15H27NO4/c1-4-20-14(2,3)11-16-12(17)9-15(10-13(18)19)7-5-6-8-15/h4-11H2,1-3H3,(H,16,17)(H,18,19). The minimum absolute atomic E-state index is 0.0686. The monoisotopic (exact) mass is 285 g/mol. The van der Waals surface area contributed by atoms with Crippen molar-refractivity contribution >= 4 is 11.9 Å². The molecule has 0 unspecified atom stereocenters. The number of rotatable bonds is 8. The molecule has 0 aromatic carbocycles. The first-order valence-electron chi connectivity index (χ1n) is 7.41. The molecule has 1 fully saturated rings. The Kier molecular flexibility index (Phi) is 5.99. The van der Waals surface area contributed by atoms with Gasteiger partial charge in [-0.05, 0) is 39.0 Å². The van der Waals surface area contributed by atoms with E-state index in [0.29, 0.717) is 19.6 Å². The minimum atomic E-state index is -0.811. The predicted molar refractivity (Wildman–Crippen MR) is 76.5 cm³/mol. The molecule has 20 heavy (non-hydrogen) atoms. The van der Waals surface area contributed by atoms with Crippen molar-refractivity contribution in [3.63, 3.8) is 0 Å². The van der Waals surface area contributed by atoms with E-state index >= 15 is 0 Å². The lowest BCUT2D eigenvalue weighted by atomic mass is 9.79. The Morgan fingerprint density at radius 3 is 2.35 bits per heavy atom. The normalized spacial score (nSPS) is 17.9. The molecule has 0 atom stereocenters.